The first-order valence-corrected chi connectivity index (χ1v) is 6.36. The molecule has 0 aliphatic heterocycles. The number of carbonyl (C=O) groups excluding carboxylic acids is 1. The normalized spacial score (nSPS) is 10.1. The summed E-state index contributed by atoms with van der Waals surface area (Å²) < 4.78 is 13.4. The molecule has 20 heavy (non-hydrogen) atoms. The van der Waals surface area contributed by atoms with Crippen molar-refractivity contribution in [3.63, 3.8) is 0 Å². The van der Waals surface area contributed by atoms with Gasteiger partial charge in [0.2, 0.25) is 0 Å². The zero-order valence-corrected chi connectivity index (χ0v) is 11.1. The molecule has 1 aromatic heterocycles. The van der Waals surface area contributed by atoms with Gasteiger partial charge >= 0.3 is 12.0 Å². The number of hydrogen-bond acceptors (Lipinski definition) is 4. The number of benzene rings is 1. The Bertz CT molecular complexity index is 672. The van der Waals surface area contributed by atoms with Crippen molar-refractivity contribution in [1.29, 1.82) is 0 Å². The van der Waals surface area contributed by atoms with Crippen LogP contribution >= 0.6 is 11.3 Å². The highest BCUT2D eigenvalue weighted by atomic mass is 32.1. The Hall–Kier alpha value is -2.48. The molecule has 0 spiro atoms. The van der Waals surface area contributed by atoms with E-state index in [9.17, 15) is 14.0 Å². The number of carboxylic acids is 1. The van der Waals surface area contributed by atoms with Gasteiger partial charge in [0.25, 0.3) is 0 Å². The molecular formula is C12H10FN3O3S. The lowest BCUT2D eigenvalue weighted by Crippen LogP contribution is -2.19. The fraction of sp³-hybridized carbons (Fsp3) is 0.0833. The first-order valence-electron chi connectivity index (χ1n) is 5.48. The number of carbonyl (C=O) groups is 2. The second kappa shape index (κ2) is 5.66. The van der Waals surface area contributed by atoms with E-state index in [1.165, 1.54) is 17.4 Å². The first kappa shape index (κ1) is 13.9. The summed E-state index contributed by atoms with van der Waals surface area (Å²) in [6.07, 6.45) is 0. The Kier molecular flexibility index (Phi) is 3.94. The van der Waals surface area contributed by atoms with E-state index in [1.54, 1.807) is 12.3 Å². The smallest absolute Gasteiger partial charge is 0.338 e. The van der Waals surface area contributed by atoms with E-state index in [4.69, 9.17) is 5.11 Å². The average Bonchev–Trinajstić information content (AvgIpc) is 2.74. The van der Waals surface area contributed by atoms with Crippen LogP contribution in [-0.2, 0) is 0 Å². The maximum absolute atomic E-state index is 13.4. The van der Waals surface area contributed by atoms with E-state index in [2.05, 4.69) is 15.6 Å². The lowest BCUT2D eigenvalue weighted by Gasteiger charge is -2.06. The molecule has 3 N–H and O–H groups in total. The molecule has 104 valence electrons. The van der Waals surface area contributed by atoms with Crippen molar-refractivity contribution in [3.8, 4) is 0 Å². The van der Waals surface area contributed by atoms with Crippen molar-refractivity contribution in [2.75, 3.05) is 10.6 Å². The van der Waals surface area contributed by atoms with Gasteiger partial charge in [0.1, 0.15) is 5.82 Å². The Morgan fingerprint density at radius 1 is 1.35 bits per heavy atom. The van der Waals surface area contributed by atoms with Crippen LogP contribution in [0.25, 0.3) is 0 Å². The topological polar surface area (TPSA) is 91.3 Å². The van der Waals surface area contributed by atoms with Gasteiger partial charge in [-0.15, -0.1) is 11.3 Å². The van der Waals surface area contributed by atoms with E-state index < -0.39 is 23.4 Å². The van der Waals surface area contributed by atoms with Gasteiger partial charge in [-0.25, -0.2) is 19.0 Å². The number of rotatable bonds is 3. The number of nitrogens with zero attached hydrogens (tertiary/aromatic N) is 1. The first-order chi connectivity index (χ1) is 9.45. The molecule has 0 fully saturated rings. The van der Waals surface area contributed by atoms with Gasteiger partial charge in [-0.2, -0.15) is 0 Å². The SMILES string of the molecule is Cc1csc(NC(=O)Nc2ccc(C(=O)O)c(F)c2)n1. The predicted molar refractivity (Wildman–Crippen MR) is 72.9 cm³/mol. The quantitative estimate of drug-likeness (QED) is 0.812. The molecule has 0 atom stereocenters. The number of anilines is 2. The summed E-state index contributed by atoms with van der Waals surface area (Å²) in [4.78, 5) is 26.3. The molecule has 0 saturated heterocycles. The highest BCUT2D eigenvalue weighted by molar-refractivity contribution is 7.13. The zero-order valence-electron chi connectivity index (χ0n) is 10.3. The van der Waals surface area contributed by atoms with Gasteiger partial charge in [0.15, 0.2) is 5.13 Å². The number of aromatic carboxylic acids is 1. The summed E-state index contributed by atoms with van der Waals surface area (Å²) in [6, 6.07) is 2.75. The van der Waals surface area contributed by atoms with Crippen LogP contribution in [-0.4, -0.2) is 22.1 Å². The molecule has 0 saturated carbocycles. The third-order valence-corrected chi connectivity index (χ3v) is 3.17. The molecule has 0 radical (unpaired) electrons. The van der Waals surface area contributed by atoms with E-state index in [-0.39, 0.29) is 5.69 Å². The minimum Gasteiger partial charge on any atom is -0.478 e. The zero-order chi connectivity index (χ0) is 14.7. The number of carboxylic acid groups (broad SMARTS) is 1. The lowest BCUT2D eigenvalue weighted by atomic mass is 10.2. The van der Waals surface area contributed by atoms with Crippen molar-refractivity contribution in [1.82, 2.24) is 4.98 Å². The minimum atomic E-state index is -1.36. The average molecular weight is 295 g/mol. The molecule has 2 amide bonds. The summed E-state index contributed by atoms with van der Waals surface area (Å²) in [5.41, 5.74) is 0.479. The second-order valence-corrected chi connectivity index (χ2v) is 4.73. The van der Waals surface area contributed by atoms with E-state index in [1.807, 2.05) is 0 Å². The molecule has 2 aromatic rings. The maximum Gasteiger partial charge on any atom is 0.338 e. The number of hydrogen-bond donors (Lipinski definition) is 3. The number of amides is 2. The molecule has 0 unspecified atom stereocenters. The Balaban J connectivity index is 2.04. The lowest BCUT2D eigenvalue weighted by molar-refractivity contribution is 0.0692. The van der Waals surface area contributed by atoms with Crippen LogP contribution in [0.4, 0.5) is 20.0 Å². The highest BCUT2D eigenvalue weighted by Gasteiger charge is 2.12. The molecule has 0 bridgehead atoms. The van der Waals surface area contributed by atoms with Crippen molar-refractivity contribution < 1.29 is 19.1 Å². The largest absolute Gasteiger partial charge is 0.478 e. The minimum absolute atomic E-state index is 0.151. The Labute approximate surface area is 117 Å². The molecular weight excluding hydrogens is 285 g/mol. The summed E-state index contributed by atoms with van der Waals surface area (Å²) in [5.74, 6) is -2.28. The van der Waals surface area contributed by atoms with Gasteiger partial charge in [-0.3, -0.25) is 5.32 Å². The van der Waals surface area contributed by atoms with Crippen LogP contribution in [0.2, 0.25) is 0 Å². The number of aryl methyl sites for hydroxylation is 1. The van der Waals surface area contributed by atoms with E-state index in [0.29, 0.717) is 5.13 Å². The highest BCUT2D eigenvalue weighted by Crippen LogP contribution is 2.17. The third kappa shape index (κ3) is 3.29. The summed E-state index contributed by atoms with van der Waals surface area (Å²) in [5, 5.41) is 15.8. The van der Waals surface area contributed by atoms with Crippen LogP contribution in [0, 0.1) is 12.7 Å². The summed E-state index contributed by atoms with van der Waals surface area (Å²) in [6.45, 7) is 1.79. The van der Waals surface area contributed by atoms with Crippen LogP contribution in [0.1, 0.15) is 16.1 Å². The second-order valence-electron chi connectivity index (χ2n) is 3.87. The third-order valence-electron chi connectivity index (χ3n) is 2.30. The molecule has 1 heterocycles. The van der Waals surface area contributed by atoms with Gasteiger partial charge in [0, 0.05) is 11.1 Å². The molecule has 1 aromatic carbocycles. The van der Waals surface area contributed by atoms with Gasteiger partial charge in [-0.05, 0) is 25.1 Å². The number of nitrogens with one attached hydrogen (secondary N) is 2. The molecule has 0 aliphatic rings. The van der Waals surface area contributed by atoms with Crippen molar-refractivity contribution in [2.24, 2.45) is 0 Å². The maximum atomic E-state index is 13.4. The predicted octanol–water partition coefficient (Wildman–Crippen LogP) is 2.93. The monoisotopic (exact) mass is 295 g/mol. The van der Waals surface area contributed by atoms with Crippen LogP contribution in [0.3, 0.4) is 0 Å². The summed E-state index contributed by atoms with van der Waals surface area (Å²) in [7, 11) is 0. The van der Waals surface area contributed by atoms with E-state index in [0.717, 1.165) is 17.8 Å². The fourth-order valence-corrected chi connectivity index (χ4v) is 2.12. The van der Waals surface area contributed by atoms with Crippen LogP contribution in [0.15, 0.2) is 23.6 Å². The van der Waals surface area contributed by atoms with Crippen LogP contribution in [0.5, 0.6) is 0 Å². The van der Waals surface area contributed by atoms with Gasteiger partial charge in [-0.1, -0.05) is 0 Å². The number of halogens is 1. The van der Waals surface area contributed by atoms with Crippen LogP contribution < -0.4 is 10.6 Å². The number of aromatic nitrogens is 1. The molecule has 6 nitrogen and oxygen atoms in total. The van der Waals surface area contributed by atoms with Crippen molar-refractivity contribution in [3.05, 3.63) is 40.7 Å². The standard InChI is InChI=1S/C12H10FN3O3S/c1-6-5-20-12(14-6)16-11(19)15-7-2-3-8(10(17)18)9(13)4-7/h2-5H,1H3,(H,17,18)(H2,14,15,16,19). The summed E-state index contributed by atoms with van der Waals surface area (Å²) >= 11 is 1.26. The van der Waals surface area contributed by atoms with Crippen molar-refractivity contribution >= 4 is 34.2 Å². The Morgan fingerprint density at radius 2 is 2.10 bits per heavy atom. The molecule has 0 aliphatic carbocycles. The van der Waals surface area contributed by atoms with Crippen molar-refractivity contribution in [2.45, 2.75) is 6.92 Å². The Morgan fingerprint density at radius 3 is 2.65 bits per heavy atom. The number of thiazole rings is 1. The van der Waals surface area contributed by atoms with Gasteiger partial charge < -0.3 is 10.4 Å². The number of urea groups is 1. The van der Waals surface area contributed by atoms with E-state index >= 15 is 0 Å². The van der Waals surface area contributed by atoms with Gasteiger partial charge in [0.05, 0.1) is 11.3 Å². The molecule has 2 rings (SSSR count). The molecule has 8 heteroatoms. The fourth-order valence-electron chi connectivity index (χ4n) is 1.44.